The summed E-state index contributed by atoms with van der Waals surface area (Å²) >= 11 is 0. The summed E-state index contributed by atoms with van der Waals surface area (Å²) in [4.78, 5) is 15.8. The van der Waals surface area contributed by atoms with Gasteiger partial charge in [-0.05, 0) is 29.8 Å². The molecule has 1 aliphatic heterocycles. The monoisotopic (exact) mass is 348 g/mol. The number of hydrogen-bond donors (Lipinski definition) is 1. The Bertz CT molecular complexity index is 908. The molecule has 2 aromatic rings. The van der Waals surface area contributed by atoms with Crippen LogP contribution in [0.1, 0.15) is 11.1 Å². The summed E-state index contributed by atoms with van der Waals surface area (Å²) in [5.74, 6) is -0.872. The van der Waals surface area contributed by atoms with Crippen LogP contribution in [0.15, 0.2) is 58.4 Å². The Morgan fingerprint density at radius 3 is 2.58 bits per heavy atom. The molecule has 0 saturated heterocycles. The lowest BCUT2D eigenvalue weighted by molar-refractivity contribution is -0.143. The van der Waals surface area contributed by atoms with Crippen LogP contribution in [0.3, 0.4) is 0 Å². The van der Waals surface area contributed by atoms with Gasteiger partial charge in [-0.1, -0.05) is 24.3 Å². The van der Waals surface area contributed by atoms with Crippen LogP contribution in [0.5, 0.6) is 0 Å². The van der Waals surface area contributed by atoms with Gasteiger partial charge in [0.05, 0.1) is 4.90 Å². The highest BCUT2D eigenvalue weighted by molar-refractivity contribution is 7.90. The van der Waals surface area contributed by atoms with E-state index in [1.807, 2.05) is 0 Å². The maximum Gasteiger partial charge on any atom is 0.328 e. The number of carbonyl (C=O) groups excluding carboxylic acids is 1. The van der Waals surface area contributed by atoms with Gasteiger partial charge in [0, 0.05) is 5.56 Å². The largest absolute Gasteiger partial charge is 0.459 e. The second-order valence-corrected chi connectivity index (χ2v) is 6.70. The highest BCUT2D eigenvalue weighted by Crippen LogP contribution is 2.22. The van der Waals surface area contributed by atoms with E-state index in [0.717, 1.165) is 0 Å². The van der Waals surface area contributed by atoms with Crippen LogP contribution in [0.2, 0.25) is 0 Å². The molecular formula is C16H13FN2O4S. The summed E-state index contributed by atoms with van der Waals surface area (Å²) in [6, 6.07) is 11.9. The van der Waals surface area contributed by atoms with Crippen molar-refractivity contribution in [3.05, 3.63) is 65.5 Å². The third-order valence-corrected chi connectivity index (χ3v) is 4.74. The summed E-state index contributed by atoms with van der Waals surface area (Å²) in [5.41, 5.74) is 1.06. The van der Waals surface area contributed by atoms with E-state index >= 15 is 0 Å². The van der Waals surface area contributed by atoms with Crippen molar-refractivity contribution < 1.29 is 22.3 Å². The van der Waals surface area contributed by atoms with Crippen molar-refractivity contribution in [3.8, 4) is 0 Å². The van der Waals surface area contributed by atoms with Gasteiger partial charge in [0.1, 0.15) is 24.8 Å². The third kappa shape index (κ3) is 3.43. The summed E-state index contributed by atoms with van der Waals surface area (Å²) in [5, 5.41) is 0. The molecule has 0 fully saturated rings. The maximum absolute atomic E-state index is 12.8. The molecule has 124 valence electrons. The minimum Gasteiger partial charge on any atom is -0.459 e. The smallest absolute Gasteiger partial charge is 0.328 e. The second-order valence-electron chi connectivity index (χ2n) is 5.05. The van der Waals surface area contributed by atoms with Gasteiger partial charge in [0.2, 0.25) is 0 Å². The standard InChI is InChI=1S/C16H13FN2O4S/c17-12-7-5-11(6-8-12)10-23-15(20)9-18-16-13-3-1-2-4-14(13)24(21,22)19-16/h1-8H,9-10H2,(H,18,19). The summed E-state index contributed by atoms with van der Waals surface area (Å²) < 4.78 is 43.9. The number of sulfonamides is 1. The number of benzene rings is 2. The lowest BCUT2D eigenvalue weighted by atomic mass is 10.2. The number of ether oxygens (including phenoxy) is 1. The summed E-state index contributed by atoms with van der Waals surface area (Å²) in [6.07, 6.45) is 0. The van der Waals surface area contributed by atoms with Crippen molar-refractivity contribution >= 4 is 21.8 Å². The summed E-state index contributed by atoms with van der Waals surface area (Å²) in [6.45, 7) is -0.334. The van der Waals surface area contributed by atoms with E-state index in [2.05, 4.69) is 9.71 Å². The molecule has 1 aliphatic rings. The number of esters is 1. The third-order valence-electron chi connectivity index (χ3n) is 3.34. The van der Waals surface area contributed by atoms with Crippen LogP contribution < -0.4 is 4.72 Å². The van der Waals surface area contributed by atoms with E-state index in [0.29, 0.717) is 11.1 Å². The predicted octanol–water partition coefficient (Wildman–Crippen LogP) is 1.61. The number of halogens is 1. The Hall–Kier alpha value is -2.74. The molecule has 0 atom stereocenters. The van der Waals surface area contributed by atoms with Crippen molar-refractivity contribution in [1.29, 1.82) is 0 Å². The zero-order valence-corrected chi connectivity index (χ0v) is 13.2. The Morgan fingerprint density at radius 1 is 1.12 bits per heavy atom. The lowest BCUT2D eigenvalue weighted by Crippen LogP contribution is -2.23. The van der Waals surface area contributed by atoms with Gasteiger partial charge in [-0.3, -0.25) is 14.5 Å². The van der Waals surface area contributed by atoms with Gasteiger partial charge in [-0.15, -0.1) is 0 Å². The molecule has 1 N–H and O–H groups in total. The van der Waals surface area contributed by atoms with E-state index in [1.54, 1.807) is 18.2 Å². The molecule has 0 saturated carbocycles. The van der Waals surface area contributed by atoms with Gasteiger partial charge in [0.25, 0.3) is 10.0 Å². The molecule has 0 aliphatic carbocycles. The first kappa shape index (κ1) is 16.1. The number of rotatable bonds is 4. The minimum atomic E-state index is -3.63. The van der Waals surface area contributed by atoms with E-state index in [-0.39, 0.29) is 29.7 Å². The van der Waals surface area contributed by atoms with Gasteiger partial charge >= 0.3 is 5.97 Å². The molecule has 3 rings (SSSR count). The fraction of sp³-hybridized carbons (Fsp3) is 0.125. The number of nitrogens with one attached hydrogen (secondary N) is 1. The normalized spacial score (nSPS) is 16.5. The van der Waals surface area contributed by atoms with Gasteiger partial charge in [-0.25, -0.2) is 12.8 Å². The molecule has 0 amide bonds. The molecule has 0 bridgehead atoms. The van der Waals surface area contributed by atoms with Gasteiger partial charge < -0.3 is 4.74 Å². The highest BCUT2D eigenvalue weighted by atomic mass is 32.2. The van der Waals surface area contributed by atoms with Crippen LogP contribution in [-0.4, -0.2) is 26.8 Å². The van der Waals surface area contributed by atoms with Crippen LogP contribution >= 0.6 is 0 Å². The van der Waals surface area contributed by atoms with Crippen molar-refractivity contribution in [1.82, 2.24) is 4.72 Å². The maximum atomic E-state index is 12.8. The average molecular weight is 348 g/mol. The Labute approximate surface area is 138 Å². The highest BCUT2D eigenvalue weighted by Gasteiger charge is 2.30. The first-order valence-electron chi connectivity index (χ1n) is 7.02. The number of nitrogens with zero attached hydrogens (tertiary/aromatic N) is 1. The zero-order valence-electron chi connectivity index (χ0n) is 12.4. The number of aliphatic imine (C=N–C) groups is 1. The van der Waals surface area contributed by atoms with E-state index in [1.165, 1.54) is 30.3 Å². The molecule has 0 unspecified atom stereocenters. The van der Waals surface area contributed by atoms with Crippen molar-refractivity contribution in [2.24, 2.45) is 4.99 Å². The van der Waals surface area contributed by atoms with Gasteiger partial charge in [-0.2, -0.15) is 0 Å². The Morgan fingerprint density at radius 2 is 1.83 bits per heavy atom. The molecule has 0 spiro atoms. The van der Waals surface area contributed by atoms with Crippen LogP contribution in [0.4, 0.5) is 4.39 Å². The fourth-order valence-corrected chi connectivity index (χ4v) is 3.44. The number of hydrogen-bond acceptors (Lipinski definition) is 5. The molecule has 0 radical (unpaired) electrons. The molecule has 24 heavy (non-hydrogen) atoms. The SMILES string of the molecule is O=C(CN=C1NS(=O)(=O)c2ccccc21)OCc1ccc(F)cc1. The molecule has 6 nitrogen and oxygen atoms in total. The molecule has 8 heteroatoms. The first-order chi connectivity index (χ1) is 11.5. The molecule has 1 heterocycles. The minimum absolute atomic E-state index is 0.00766. The number of fused-ring (bicyclic) bond motifs is 1. The average Bonchev–Trinajstić information content (AvgIpc) is 2.84. The fourth-order valence-electron chi connectivity index (χ4n) is 2.18. The topological polar surface area (TPSA) is 84.8 Å². The van der Waals surface area contributed by atoms with E-state index in [4.69, 9.17) is 4.74 Å². The number of carbonyl (C=O) groups is 1. The predicted molar refractivity (Wildman–Crippen MR) is 84.4 cm³/mol. The molecular weight excluding hydrogens is 335 g/mol. The molecule has 2 aromatic carbocycles. The lowest BCUT2D eigenvalue weighted by Gasteiger charge is -2.04. The second kappa shape index (κ2) is 6.40. The molecule has 0 aromatic heterocycles. The van der Waals surface area contributed by atoms with Crippen LogP contribution in [0.25, 0.3) is 0 Å². The first-order valence-corrected chi connectivity index (χ1v) is 8.51. The zero-order chi connectivity index (χ0) is 17.2. The van der Waals surface area contributed by atoms with E-state index < -0.39 is 16.0 Å². The Balaban J connectivity index is 1.64. The van der Waals surface area contributed by atoms with Crippen molar-refractivity contribution in [2.75, 3.05) is 6.54 Å². The van der Waals surface area contributed by atoms with E-state index in [9.17, 15) is 17.6 Å². The summed E-state index contributed by atoms with van der Waals surface area (Å²) in [7, 11) is -3.63. The Kier molecular flexibility index (Phi) is 4.30. The van der Waals surface area contributed by atoms with Crippen molar-refractivity contribution in [3.63, 3.8) is 0 Å². The van der Waals surface area contributed by atoms with Gasteiger partial charge in [0.15, 0.2) is 0 Å². The quantitative estimate of drug-likeness (QED) is 0.851. The van der Waals surface area contributed by atoms with Crippen LogP contribution in [0, 0.1) is 5.82 Å². The number of amidine groups is 1. The van der Waals surface area contributed by atoms with Crippen LogP contribution in [-0.2, 0) is 26.2 Å². The van der Waals surface area contributed by atoms with Crippen molar-refractivity contribution in [2.45, 2.75) is 11.5 Å².